The highest BCUT2D eigenvalue weighted by molar-refractivity contribution is 6.31. The minimum atomic E-state index is -0.0879. The molecule has 2 rings (SSSR count). The molecular formula is C12H14ClN3O. The summed E-state index contributed by atoms with van der Waals surface area (Å²) < 4.78 is 1.49. The van der Waals surface area contributed by atoms with Crippen molar-refractivity contribution in [2.24, 2.45) is 0 Å². The highest BCUT2D eigenvalue weighted by Crippen LogP contribution is 2.16. The van der Waals surface area contributed by atoms with Gasteiger partial charge in [-0.1, -0.05) is 23.7 Å². The van der Waals surface area contributed by atoms with Crippen LogP contribution < -0.4 is 11.3 Å². The number of aromatic nitrogens is 2. The van der Waals surface area contributed by atoms with Gasteiger partial charge in [0.25, 0.3) is 5.56 Å². The van der Waals surface area contributed by atoms with Gasteiger partial charge in [0.15, 0.2) is 0 Å². The molecule has 0 radical (unpaired) electrons. The molecule has 0 aliphatic heterocycles. The van der Waals surface area contributed by atoms with Gasteiger partial charge in [0, 0.05) is 5.02 Å². The Labute approximate surface area is 104 Å². The maximum atomic E-state index is 11.8. The molecule has 0 fully saturated rings. The zero-order valence-electron chi connectivity index (χ0n) is 9.75. The fourth-order valence-electron chi connectivity index (χ4n) is 1.70. The van der Waals surface area contributed by atoms with Crippen LogP contribution in [0.1, 0.15) is 16.7 Å². The molecule has 90 valence electrons. The zero-order chi connectivity index (χ0) is 12.6. The number of hydrogen-bond acceptors (Lipinski definition) is 2. The van der Waals surface area contributed by atoms with Crippen LogP contribution in [-0.2, 0) is 6.54 Å². The lowest BCUT2D eigenvalue weighted by Crippen LogP contribution is -2.18. The number of nitrogens with two attached hydrogens (primary N) is 1. The molecule has 3 N–H and O–H groups in total. The lowest BCUT2D eigenvalue weighted by Gasteiger charge is -2.04. The van der Waals surface area contributed by atoms with E-state index in [-0.39, 0.29) is 5.56 Å². The number of hydrogen-bond donors (Lipinski definition) is 2. The molecule has 0 bridgehead atoms. The van der Waals surface area contributed by atoms with E-state index in [9.17, 15) is 4.79 Å². The number of rotatable bonds is 2. The van der Waals surface area contributed by atoms with Crippen LogP contribution in [0.25, 0.3) is 0 Å². The van der Waals surface area contributed by atoms with Crippen LogP contribution in [0.5, 0.6) is 0 Å². The normalized spacial score (nSPS) is 10.8. The molecule has 4 nitrogen and oxygen atoms in total. The fourth-order valence-corrected chi connectivity index (χ4v) is 1.81. The van der Waals surface area contributed by atoms with Gasteiger partial charge in [-0.2, -0.15) is 0 Å². The van der Waals surface area contributed by atoms with Crippen molar-refractivity contribution in [2.45, 2.75) is 20.4 Å². The van der Waals surface area contributed by atoms with Crippen molar-refractivity contribution >= 4 is 17.4 Å². The largest absolute Gasteiger partial charge is 0.384 e. The van der Waals surface area contributed by atoms with Gasteiger partial charge in [-0.05, 0) is 31.0 Å². The third-order valence-electron chi connectivity index (χ3n) is 2.79. The molecule has 2 aromatic rings. The second kappa shape index (κ2) is 4.30. The van der Waals surface area contributed by atoms with Gasteiger partial charge in [0.2, 0.25) is 0 Å². The second-order valence-corrected chi connectivity index (χ2v) is 4.53. The standard InChI is InChI=1S/C12H14ClN3O/c1-7-5-9(3-4-10(7)13)6-16-12(17)8(2)11(14)15-16/h3-5,15H,6,14H2,1-2H3. The predicted molar refractivity (Wildman–Crippen MR) is 69.5 cm³/mol. The van der Waals surface area contributed by atoms with Gasteiger partial charge >= 0.3 is 0 Å². The van der Waals surface area contributed by atoms with Gasteiger partial charge in [-0.25, -0.2) is 4.68 Å². The molecule has 5 heteroatoms. The summed E-state index contributed by atoms with van der Waals surface area (Å²) in [5.74, 6) is 0.417. The number of H-pyrrole nitrogens is 1. The Kier molecular flexibility index (Phi) is 2.98. The van der Waals surface area contributed by atoms with Crippen molar-refractivity contribution in [3.8, 4) is 0 Å². The first-order valence-corrected chi connectivity index (χ1v) is 5.66. The molecule has 0 spiro atoms. The predicted octanol–water partition coefficient (Wildman–Crippen LogP) is 2.08. The number of aromatic amines is 1. The van der Waals surface area contributed by atoms with Gasteiger partial charge < -0.3 is 5.73 Å². The molecule has 1 aromatic heterocycles. The molecule has 0 amide bonds. The van der Waals surface area contributed by atoms with E-state index in [1.807, 2.05) is 25.1 Å². The van der Waals surface area contributed by atoms with E-state index in [0.717, 1.165) is 16.1 Å². The third kappa shape index (κ3) is 2.22. The first-order valence-electron chi connectivity index (χ1n) is 5.29. The Morgan fingerprint density at radius 2 is 2.12 bits per heavy atom. The van der Waals surface area contributed by atoms with E-state index in [2.05, 4.69) is 5.10 Å². The topological polar surface area (TPSA) is 63.8 Å². The van der Waals surface area contributed by atoms with E-state index in [0.29, 0.717) is 17.9 Å². The monoisotopic (exact) mass is 251 g/mol. The molecule has 17 heavy (non-hydrogen) atoms. The first kappa shape index (κ1) is 11.8. The molecule has 1 heterocycles. The molecule has 0 saturated carbocycles. The number of halogens is 1. The lowest BCUT2D eigenvalue weighted by molar-refractivity contribution is 0.665. The molecule has 0 aliphatic rings. The number of nitrogens with one attached hydrogen (secondary N) is 1. The quantitative estimate of drug-likeness (QED) is 0.858. The lowest BCUT2D eigenvalue weighted by atomic mass is 10.1. The van der Waals surface area contributed by atoms with E-state index < -0.39 is 0 Å². The Bertz CT molecular complexity index is 613. The van der Waals surface area contributed by atoms with E-state index in [4.69, 9.17) is 17.3 Å². The van der Waals surface area contributed by atoms with E-state index >= 15 is 0 Å². The van der Waals surface area contributed by atoms with Crippen LogP contribution in [-0.4, -0.2) is 9.78 Å². The summed E-state index contributed by atoms with van der Waals surface area (Å²) >= 11 is 5.95. The molecular weight excluding hydrogens is 238 g/mol. The van der Waals surface area contributed by atoms with Gasteiger partial charge in [0.05, 0.1) is 12.1 Å². The minimum absolute atomic E-state index is 0.0879. The van der Waals surface area contributed by atoms with Gasteiger partial charge in [-0.3, -0.25) is 9.89 Å². The molecule has 0 unspecified atom stereocenters. The molecule has 0 saturated heterocycles. The maximum Gasteiger partial charge on any atom is 0.271 e. The minimum Gasteiger partial charge on any atom is -0.384 e. The first-order chi connectivity index (χ1) is 7.99. The van der Waals surface area contributed by atoms with Crippen LogP contribution in [0.2, 0.25) is 5.02 Å². The molecule has 0 atom stereocenters. The highest BCUT2D eigenvalue weighted by Gasteiger charge is 2.07. The van der Waals surface area contributed by atoms with Crippen molar-refractivity contribution in [1.29, 1.82) is 0 Å². The van der Waals surface area contributed by atoms with Crippen molar-refractivity contribution in [3.63, 3.8) is 0 Å². The van der Waals surface area contributed by atoms with Crippen LogP contribution in [0.4, 0.5) is 5.82 Å². The zero-order valence-corrected chi connectivity index (χ0v) is 10.5. The summed E-state index contributed by atoms with van der Waals surface area (Å²) in [6, 6.07) is 5.69. The highest BCUT2D eigenvalue weighted by atomic mass is 35.5. The van der Waals surface area contributed by atoms with Crippen LogP contribution in [0, 0.1) is 13.8 Å². The summed E-state index contributed by atoms with van der Waals surface area (Å²) in [6.45, 7) is 4.11. The molecule has 1 aromatic carbocycles. The number of nitrogen functional groups attached to an aromatic ring is 1. The Morgan fingerprint density at radius 1 is 1.41 bits per heavy atom. The smallest absolute Gasteiger partial charge is 0.271 e. The van der Waals surface area contributed by atoms with Crippen molar-refractivity contribution < 1.29 is 0 Å². The van der Waals surface area contributed by atoms with E-state index in [1.54, 1.807) is 6.92 Å². The summed E-state index contributed by atoms with van der Waals surface area (Å²) in [5.41, 5.74) is 8.12. The number of nitrogens with zero attached hydrogens (tertiary/aromatic N) is 1. The van der Waals surface area contributed by atoms with Gasteiger partial charge in [-0.15, -0.1) is 0 Å². The number of aryl methyl sites for hydroxylation is 1. The molecule has 0 aliphatic carbocycles. The summed E-state index contributed by atoms with van der Waals surface area (Å²) in [6.07, 6.45) is 0. The Balaban J connectivity index is 2.35. The fraction of sp³-hybridized carbons (Fsp3) is 0.250. The average Bonchev–Trinajstić information content (AvgIpc) is 2.52. The van der Waals surface area contributed by atoms with Crippen LogP contribution in [0.3, 0.4) is 0 Å². The maximum absolute atomic E-state index is 11.8. The number of anilines is 1. The van der Waals surface area contributed by atoms with E-state index in [1.165, 1.54) is 4.68 Å². The SMILES string of the molecule is Cc1cc(Cn2[nH]c(N)c(C)c2=O)ccc1Cl. The van der Waals surface area contributed by atoms with Crippen molar-refractivity contribution in [3.05, 3.63) is 50.3 Å². The van der Waals surface area contributed by atoms with Gasteiger partial charge in [0.1, 0.15) is 5.82 Å². The Hall–Kier alpha value is -1.68. The van der Waals surface area contributed by atoms with Crippen LogP contribution in [0.15, 0.2) is 23.0 Å². The summed E-state index contributed by atoms with van der Waals surface area (Å²) in [5, 5.41) is 3.57. The third-order valence-corrected chi connectivity index (χ3v) is 3.21. The second-order valence-electron chi connectivity index (χ2n) is 4.13. The average molecular weight is 252 g/mol. The van der Waals surface area contributed by atoms with Crippen LogP contribution >= 0.6 is 11.6 Å². The Morgan fingerprint density at radius 3 is 2.65 bits per heavy atom. The number of benzene rings is 1. The summed E-state index contributed by atoms with van der Waals surface area (Å²) in [7, 11) is 0. The van der Waals surface area contributed by atoms with Crippen molar-refractivity contribution in [1.82, 2.24) is 9.78 Å². The summed E-state index contributed by atoms with van der Waals surface area (Å²) in [4.78, 5) is 11.8. The van der Waals surface area contributed by atoms with Crippen molar-refractivity contribution in [2.75, 3.05) is 5.73 Å².